The third kappa shape index (κ3) is 4.67. The van der Waals surface area contributed by atoms with E-state index in [1.54, 1.807) is 29.2 Å². The van der Waals surface area contributed by atoms with Crippen molar-refractivity contribution in [2.24, 2.45) is 0 Å². The number of hydrogen-bond donors (Lipinski definition) is 1. The van der Waals surface area contributed by atoms with Crippen LogP contribution in [0.4, 0.5) is 0 Å². The molecule has 2 rings (SSSR count). The molecule has 0 aliphatic carbocycles. The maximum Gasteiger partial charge on any atom is 0.279 e. The molecule has 1 aliphatic rings. The summed E-state index contributed by atoms with van der Waals surface area (Å²) in [7, 11) is -2.06. The monoisotopic (exact) mass is 345 g/mol. The van der Waals surface area contributed by atoms with Crippen LogP contribution in [0.25, 0.3) is 0 Å². The van der Waals surface area contributed by atoms with Gasteiger partial charge in [0.25, 0.3) is 10.2 Å². The van der Waals surface area contributed by atoms with Crippen molar-refractivity contribution >= 4 is 27.7 Å². The number of halogens is 1. The van der Waals surface area contributed by atoms with Crippen LogP contribution < -0.4 is 4.72 Å². The molecule has 0 unspecified atom stereocenters. The molecule has 0 atom stereocenters. The summed E-state index contributed by atoms with van der Waals surface area (Å²) >= 11 is 5.79. The molecule has 1 heterocycles. The summed E-state index contributed by atoms with van der Waals surface area (Å²) in [5, 5.41) is 0.610. The van der Waals surface area contributed by atoms with E-state index < -0.39 is 10.2 Å². The summed E-state index contributed by atoms with van der Waals surface area (Å²) in [4.78, 5) is 13.2. The number of likely N-dealkylation sites (N-methyl/N-ethyl adjacent to an activating group) is 1. The van der Waals surface area contributed by atoms with Gasteiger partial charge in [0.1, 0.15) is 0 Å². The molecular weight excluding hydrogens is 326 g/mol. The lowest BCUT2D eigenvalue weighted by Crippen LogP contribution is -2.42. The first kappa shape index (κ1) is 17.2. The van der Waals surface area contributed by atoms with Crippen molar-refractivity contribution in [3.05, 3.63) is 34.9 Å². The van der Waals surface area contributed by atoms with Crippen LogP contribution >= 0.6 is 11.6 Å². The van der Waals surface area contributed by atoms with Gasteiger partial charge in [0.15, 0.2) is 0 Å². The number of likely N-dealkylation sites (tertiary alicyclic amines) is 1. The first-order valence-electron chi connectivity index (χ1n) is 7.11. The van der Waals surface area contributed by atoms with Crippen molar-refractivity contribution in [2.75, 3.05) is 26.7 Å². The van der Waals surface area contributed by atoms with Crippen LogP contribution in [-0.4, -0.2) is 50.2 Å². The van der Waals surface area contributed by atoms with Crippen LogP contribution in [0.3, 0.4) is 0 Å². The Labute approximate surface area is 136 Å². The number of nitrogens with one attached hydrogen (secondary N) is 1. The van der Waals surface area contributed by atoms with E-state index in [0.29, 0.717) is 24.5 Å². The van der Waals surface area contributed by atoms with Crippen LogP contribution in [0.5, 0.6) is 0 Å². The molecule has 0 saturated carbocycles. The Morgan fingerprint density at radius 2 is 2.00 bits per heavy atom. The average molecular weight is 346 g/mol. The van der Waals surface area contributed by atoms with Gasteiger partial charge in [-0.25, -0.2) is 0 Å². The zero-order chi connectivity index (χ0) is 16.2. The SMILES string of the molecule is CN(CCN1CCCC1=O)S(=O)(=O)NCc1ccc(Cl)cc1. The molecule has 0 radical (unpaired) electrons. The van der Waals surface area contributed by atoms with Crippen LogP contribution in [0.15, 0.2) is 24.3 Å². The van der Waals surface area contributed by atoms with Crippen molar-refractivity contribution < 1.29 is 13.2 Å². The van der Waals surface area contributed by atoms with Crippen molar-refractivity contribution in [3.63, 3.8) is 0 Å². The molecule has 1 fully saturated rings. The van der Waals surface area contributed by atoms with Gasteiger partial charge in [0.05, 0.1) is 0 Å². The van der Waals surface area contributed by atoms with Crippen molar-refractivity contribution in [3.8, 4) is 0 Å². The summed E-state index contributed by atoms with van der Waals surface area (Å²) in [6.07, 6.45) is 1.41. The standard InChI is InChI=1S/C14H20ClN3O3S/c1-17(9-10-18-8-2-3-14(18)19)22(20,21)16-11-12-4-6-13(15)7-5-12/h4-7,16H,2-3,8-11H2,1H3. The molecule has 22 heavy (non-hydrogen) atoms. The molecule has 0 spiro atoms. The lowest BCUT2D eigenvalue weighted by atomic mass is 10.2. The lowest BCUT2D eigenvalue weighted by Gasteiger charge is -2.21. The smallest absolute Gasteiger partial charge is 0.279 e. The number of carbonyl (C=O) groups excluding carboxylic acids is 1. The number of hydrogen-bond acceptors (Lipinski definition) is 3. The quantitative estimate of drug-likeness (QED) is 0.808. The molecular formula is C14H20ClN3O3S. The van der Waals surface area contributed by atoms with Crippen molar-refractivity contribution in [2.45, 2.75) is 19.4 Å². The largest absolute Gasteiger partial charge is 0.341 e. The molecule has 1 saturated heterocycles. The fraction of sp³-hybridized carbons (Fsp3) is 0.500. The Morgan fingerprint density at radius 1 is 1.32 bits per heavy atom. The van der Waals surface area contributed by atoms with Gasteiger partial charge in [-0.1, -0.05) is 23.7 Å². The second kappa shape index (κ2) is 7.41. The second-order valence-electron chi connectivity index (χ2n) is 5.26. The van der Waals surface area contributed by atoms with Gasteiger partial charge in [-0.3, -0.25) is 4.79 Å². The van der Waals surface area contributed by atoms with E-state index in [4.69, 9.17) is 11.6 Å². The predicted molar refractivity (Wildman–Crippen MR) is 85.7 cm³/mol. The molecule has 1 aliphatic heterocycles. The Balaban J connectivity index is 1.83. The number of nitrogens with zero attached hydrogens (tertiary/aromatic N) is 2. The van der Waals surface area contributed by atoms with Gasteiger partial charge in [0, 0.05) is 44.7 Å². The Kier molecular flexibility index (Phi) is 5.80. The Morgan fingerprint density at radius 3 is 2.59 bits per heavy atom. The first-order valence-corrected chi connectivity index (χ1v) is 8.93. The van der Waals surface area contributed by atoms with Gasteiger partial charge in [-0.2, -0.15) is 17.4 Å². The van der Waals surface area contributed by atoms with Crippen molar-refractivity contribution in [1.29, 1.82) is 0 Å². The van der Waals surface area contributed by atoms with Gasteiger partial charge in [-0.15, -0.1) is 0 Å². The van der Waals surface area contributed by atoms with Crippen molar-refractivity contribution in [1.82, 2.24) is 13.9 Å². The summed E-state index contributed by atoms with van der Waals surface area (Å²) < 4.78 is 28.0. The third-order valence-corrected chi connectivity index (χ3v) is 5.40. The minimum atomic E-state index is -3.57. The second-order valence-corrected chi connectivity index (χ2v) is 7.56. The van der Waals surface area contributed by atoms with Crippen LogP contribution in [0, 0.1) is 0 Å². The lowest BCUT2D eigenvalue weighted by molar-refractivity contribution is -0.127. The molecule has 6 nitrogen and oxygen atoms in total. The highest BCUT2D eigenvalue weighted by Gasteiger charge is 2.23. The highest BCUT2D eigenvalue weighted by molar-refractivity contribution is 7.87. The summed E-state index contributed by atoms with van der Waals surface area (Å²) in [5.41, 5.74) is 0.830. The highest BCUT2D eigenvalue weighted by Crippen LogP contribution is 2.11. The van der Waals surface area contributed by atoms with E-state index in [1.807, 2.05) is 0 Å². The zero-order valence-electron chi connectivity index (χ0n) is 12.5. The minimum Gasteiger partial charge on any atom is -0.341 e. The van der Waals surface area contributed by atoms with E-state index in [2.05, 4.69) is 4.72 Å². The van der Waals surface area contributed by atoms with Crippen LogP contribution in [-0.2, 0) is 21.5 Å². The molecule has 1 amide bonds. The van der Waals surface area contributed by atoms with Gasteiger partial charge >= 0.3 is 0 Å². The predicted octanol–water partition coefficient (Wildman–Crippen LogP) is 1.23. The zero-order valence-corrected chi connectivity index (χ0v) is 14.0. The van der Waals surface area contributed by atoms with Gasteiger partial charge < -0.3 is 4.90 Å². The maximum atomic E-state index is 12.1. The maximum absolute atomic E-state index is 12.1. The van der Waals surface area contributed by atoms with Crippen LogP contribution in [0.1, 0.15) is 18.4 Å². The fourth-order valence-electron chi connectivity index (χ4n) is 2.21. The number of rotatable bonds is 7. The number of carbonyl (C=O) groups is 1. The van der Waals surface area contributed by atoms with E-state index in [0.717, 1.165) is 12.0 Å². The minimum absolute atomic E-state index is 0.0971. The molecule has 1 aromatic carbocycles. The van der Waals surface area contributed by atoms with E-state index in [1.165, 1.54) is 11.4 Å². The average Bonchev–Trinajstić information content (AvgIpc) is 2.89. The molecule has 0 aromatic heterocycles. The Hall–Kier alpha value is -1.15. The van der Waals surface area contributed by atoms with E-state index in [9.17, 15) is 13.2 Å². The molecule has 0 bridgehead atoms. The van der Waals surface area contributed by atoms with Gasteiger partial charge in [-0.05, 0) is 24.1 Å². The normalized spacial score (nSPS) is 15.8. The summed E-state index contributed by atoms with van der Waals surface area (Å²) in [6, 6.07) is 6.98. The highest BCUT2D eigenvalue weighted by atomic mass is 35.5. The van der Waals surface area contributed by atoms with E-state index in [-0.39, 0.29) is 19.0 Å². The fourth-order valence-corrected chi connectivity index (χ4v) is 3.23. The molecule has 1 aromatic rings. The van der Waals surface area contributed by atoms with E-state index >= 15 is 0 Å². The Bertz CT molecular complexity index is 619. The molecule has 8 heteroatoms. The summed E-state index contributed by atoms with van der Waals surface area (Å²) in [5.74, 6) is 0.0971. The van der Waals surface area contributed by atoms with Crippen LogP contribution in [0.2, 0.25) is 5.02 Å². The number of amides is 1. The third-order valence-electron chi connectivity index (χ3n) is 3.64. The molecule has 122 valence electrons. The number of benzene rings is 1. The first-order chi connectivity index (χ1) is 10.4. The molecule has 1 N–H and O–H groups in total. The topological polar surface area (TPSA) is 69.7 Å². The summed E-state index contributed by atoms with van der Waals surface area (Å²) in [6.45, 7) is 1.62. The van der Waals surface area contributed by atoms with Gasteiger partial charge in [0.2, 0.25) is 5.91 Å².